The maximum atomic E-state index is 12.7. The first kappa shape index (κ1) is 14.4. The van der Waals surface area contributed by atoms with Crippen molar-refractivity contribution in [3.05, 3.63) is 29.3 Å². The first-order valence-electron chi connectivity index (χ1n) is 7.21. The number of benzene rings is 1. The average molecular weight is 308 g/mol. The number of hydrogen-bond acceptors (Lipinski definition) is 3. The van der Waals surface area contributed by atoms with Gasteiger partial charge in [-0.1, -0.05) is 12.1 Å². The van der Waals surface area contributed by atoms with Crippen LogP contribution in [0.5, 0.6) is 0 Å². The van der Waals surface area contributed by atoms with Crippen molar-refractivity contribution in [1.82, 2.24) is 4.90 Å². The number of hydrogen-bond donors (Lipinski definition) is 0. The zero-order valence-electron chi connectivity index (χ0n) is 12.5. The molecular weight excluding hydrogens is 288 g/mol. The van der Waals surface area contributed by atoms with E-state index >= 15 is 0 Å². The first-order chi connectivity index (χ1) is 9.84. The molecule has 0 unspecified atom stereocenters. The largest absolute Gasteiger partial charge is 0.325 e. The zero-order chi connectivity index (χ0) is 15.4. The number of sulfone groups is 1. The Kier molecular flexibility index (Phi) is 3.24. The number of anilines is 1. The average Bonchev–Trinajstić information content (AvgIpc) is 2.82. The van der Waals surface area contributed by atoms with Crippen molar-refractivity contribution in [2.24, 2.45) is 0 Å². The Balaban J connectivity index is 2.09. The standard InChI is InChI=1S/C15H20N2O3S/c1-4-16-13-8-21(19,20)9-14(13)17(15(16)18)12-7-10(2)5-6-11(12)3/h5-7,13-14H,4,8-9H2,1-3H3/t13-,14+/m1/s1. The van der Waals surface area contributed by atoms with Crippen molar-refractivity contribution in [1.29, 1.82) is 0 Å². The van der Waals surface area contributed by atoms with Gasteiger partial charge in [0.25, 0.3) is 0 Å². The molecule has 0 radical (unpaired) electrons. The number of rotatable bonds is 2. The molecule has 1 aromatic carbocycles. The molecule has 2 aliphatic rings. The molecule has 6 heteroatoms. The van der Waals surface area contributed by atoms with Gasteiger partial charge in [0.15, 0.2) is 9.84 Å². The highest BCUT2D eigenvalue weighted by atomic mass is 32.2. The second-order valence-electron chi connectivity index (χ2n) is 5.94. The SMILES string of the molecule is CCN1C(=O)N(c2cc(C)ccc2C)[C@H]2CS(=O)(=O)C[C@H]21. The number of aryl methyl sites for hydroxylation is 2. The minimum absolute atomic E-state index is 0.0628. The lowest BCUT2D eigenvalue weighted by Crippen LogP contribution is -2.38. The lowest BCUT2D eigenvalue weighted by molar-refractivity contribution is 0.212. The maximum Gasteiger partial charge on any atom is 0.325 e. The van der Waals surface area contributed by atoms with E-state index in [9.17, 15) is 13.2 Å². The monoisotopic (exact) mass is 308 g/mol. The van der Waals surface area contributed by atoms with E-state index in [1.54, 1.807) is 9.80 Å². The highest BCUT2D eigenvalue weighted by Crippen LogP contribution is 2.36. The van der Waals surface area contributed by atoms with E-state index < -0.39 is 9.84 Å². The molecule has 0 saturated carbocycles. The molecule has 3 rings (SSSR count). The Hall–Kier alpha value is -1.56. The van der Waals surface area contributed by atoms with Gasteiger partial charge in [0.2, 0.25) is 0 Å². The molecule has 2 atom stereocenters. The van der Waals surface area contributed by atoms with Crippen LogP contribution in [0.2, 0.25) is 0 Å². The summed E-state index contributed by atoms with van der Waals surface area (Å²) in [6.07, 6.45) is 0. The van der Waals surface area contributed by atoms with Crippen LogP contribution in [0.1, 0.15) is 18.1 Å². The number of fused-ring (bicyclic) bond motifs is 1. The Morgan fingerprint density at radius 2 is 1.86 bits per heavy atom. The van der Waals surface area contributed by atoms with Gasteiger partial charge < -0.3 is 4.90 Å². The summed E-state index contributed by atoms with van der Waals surface area (Å²) in [4.78, 5) is 16.1. The van der Waals surface area contributed by atoms with Crippen molar-refractivity contribution < 1.29 is 13.2 Å². The van der Waals surface area contributed by atoms with Crippen LogP contribution in [0, 0.1) is 13.8 Å². The summed E-state index contributed by atoms with van der Waals surface area (Å²) < 4.78 is 24.0. The molecule has 2 aliphatic heterocycles. The van der Waals surface area contributed by atoms with E-state index in [2.05, 4.69) is 0 Å². The molecule has 0 bridgehead atoms. The van der Waals surface area contributed by atoms with E-state index in [1.807, 2.05) is 39.0 Å². The van der Waals surface area contributed by atoms with Crippen LogP contribution in [-0.2, 0) is 9.84 Å². The third-order valence-corrected chi connectivity index (χ3v) is 6.14. The van der Waals surface area contributed by atoms with Crippen LogP contribution in [-0.4, -0.2) is 49.5 Å². The number of carbonyl (C=O) groups is 1. The van der Waals surface area contributed by atoms with Gasteiger partial charge in [-0.2, -0.15) is 0 Å². The van der Waals surface area contributed by atoms with Crippen LogP contribution >= 0.6 is 0 Å². The molecule has 5 nitrogen and oxygen atoms in total. The minimum Gasteiger partial charge on any atom is -0.318 e. The molecule has 2 heterocycles. The molecule has 0 aliphatic carbocycles. The summed E-state index contributed by atoms with van der Waals surface area (Å²) in [5.41, 5.74) is 2.90. The fourth-order valence-electron chi connectivity index (χ4n) is 3.41. The molecular formula is C15H20N2O3S. The smallest absolute Gasteiger partial charge is 0.318 e. The Morgan fingerprint density at radius 1 is 1.19 bits per heavy atom. The fraction of sp³-hybridized carbons (Fsp3) is 0.533. The van der Waals surface area contributed by atoms with Crippen LogP contribution in [0.3, 0.4) is 0 Å². The normalized spacial score (nSPS) is 27.3. The van der Waals surface area contributed by atoms with Gasteiger partial charge >= 0.3 is 6.03 Å². The molecule has 114 valence electrons. The Labute approximate surface area is 125 Å². The van der Waals surface area contributed by atoms with Crippen molar-refractivity contribution in [3.63, 3.8) is 0 Å². The van der Waals surface area contributed by atoms with Gasteiger partial charge in [-0.05, 0) is 38.0 Å². The van der Waals surface area contributed by atoms with Gasteiger partial charge in [0.1, 0.15) is 0 Å². The molecule has 2 fully saturated rings. The number of carbonyl (C=O) groups excluding carboxylic acids is 1. The summed E-state index contributed by atoms with van der Waals surface area (Å²) >= 11 is 0. The quantitative estimate of drug-likeness (QED) is 0.782. The van der Waals surface area contributed by atoms with Crippen molar-refractivity contribution in [3.8, 4) is 0 Å². The van der Waals surface area contributed by atoms with Gasteiger partial charge in [-0.25, -0.2) is 13.2 Å². The van der Waals surface area contributed by atoms with Gasteiger partial charge in [0, 0.05) is 12.2 Å². The highest BCUT2D eigenvalue weighted by molar-refractivity contribution is 7.91. The maximum absolute atomic E-state index is 12.7. The third kappa shape index (κ3) is 2.21. The number of nitrogens with zero attached hydrogens (tertiary/aromatic N) is 2. The molecule has 2 amide bonds. The highest BCUT2D eigenvalue weighted by Gasteiger charge is 2.53. The second kappa shape index (κ2) is 4.73. The molecule has 2 saturated heterocycles. The van der Waals surface area contributed by atoms with Crippen LogP contribution in [0.15, 0.2) is 18.2 Å². The summed E-state index contributed by atoms with van der Waals surface area (Å²) in [6, 6.07) is 5.39. The number of urea groups is 1. The Morgan fingerprint density at radius 3 is 2.52 bits per heavy atom. The Bertz CT molecular complexity index is 699. The van der Waals surface area contributed by atoms with E-state index in [0.717, 1.165) is 16.8 Å². The van der Waals surface area contributed by atoms with E-state index in [-0.39, 0.29) is 29.6 Å². The topological polar surface area (TPSA) is 57.7 Å². The summed E-state index contributed by atoms with van der Waals surface area (Å²) in [7, 11) is -3.07. The minimum atomic E-state index is -3.07. The molecule has 0 spiro atoms. The van der Waals surface area contributed by atoms with Crippen LogP contribution < -0.4 is 4.90 Å². The van der Waals surface area contributed by atoms with Gasteiger partial charge in [0.05, 0.1) is 23.6 Å². The lowest BCUT2D eigenvalue weighted by Gasteiger charge is -2.24. The number of likely N-dealkylation sites (N-methyl/N-ethyl adjacent to an activating group) is 1. The third-order valence-electron chi connectivity index (χ3n) is 4.44. The van der Waals surface area contributed by atoms with Crippen LogP contribution in [0.25, 0.3) is 0 Å². The van der Waals surface area contributed by atoms with E-state index in [1.165, 1.54) is 0 Å². The fourth-order valence-corrected chi connectivity index (χ4v) is 5.36. The molecule has 21 heavy (non-hydrogen) atoms. The van der Waals surface area contributed by atoms with E-state index in [0.29, 0.717) is 6.54 Å². The predicted octanol–water partition coefficient (Wildman–Crippen LogP) is 1.73. The lowest BCUT2D eigenvalue weighted by atomic mass is 10.1. The van der Waals surface area contributed by atoms with Gasteiger partial charge in [-0.15, -0.1) is 0 Å². The van der Waals surface area contributed by atoms with Crippen LogP contribution in [0.4, 0.5) is 10.5 Å². The second-order valence-corrected chi connectivity index (χ2v) is 8.09. The van der Waals surface area contributed by atoms with E-state index in [4.69, 9.17) is 0 Å². The molecule has 1 aromatic rings. The summed E-state index contributed by atoms with van der Waals surface area (Å²) in [6.45, 7) is 6.36. The molecule has 0 aromatic heterocycles. The molecule has 0 N–H and O–H groups in total. The summed E-state index contributed by atoms with van der Waals surface area (Å²) in [5.74, 6) is 0.145. The van der Waals surface area contributed by atoms with Crippen molar-refractivity contribution in [2.45, 2.75) is 32.9 Å². The zero-order valence-corrected chi connectivity index (χ0v) is 13.4. The predicted molar refractivity (Wildman–Crippen MR) is 82.4 cm³/mol. The van der Waals surface area contributed by atoms with Crippen molar-refractivity contribution in [2.75, 3.05) is 23.0 Å². The number of amides is 2. The van der Waals surface area contributed by atoms with Gasteiger partial charge in [-0.3, -0.25) is 4.90 Å². The summed E-state index contributed by atoms with van der Waals surface area (Å²) in [5, 5.41) is 0. The van der Waals surface area contributed by atoms with Crippen molar-refractivity contribution >= 4 is 21.6 Å². The first-order valence-corrected chi connectivity index (χ1v) is 9.03.